The fraction of sp³-hybridized carbons (Fsp3) is 1.00. The molecule has 5 heteroatoms. The maximum atomic E-state index is 12.1. The van der Waals surface area contributed by atoms with Crippen molar-refractivity contribution in [1.29, 1.82) is 0 Å². The van der Waals surface area contributed by atoms with E-state index in [-0.39, 0.29) is 0 Å². The standard InChI is InChI=1S/C16H34N2O2S/c1-2-3-4-5-6-7-8-9-10-11-16-21(19,20)18-14-12-17-13-15-18/h17H,2-16H2,1H3. The molecule has 1 fully saturated rings. The molecule has 1 aliphatic rings. The topological polar surface area (TPSA) is 49.4 Å². The lowest BCUT2D eigenvalue weighted by molar-refractivity contribution is 0.359. The predicted molar refractivity (Wildman–Crippen MR) is 90.1 cm³/mol. The van der Waals surface area contributed by atoms with Crippen LogP contribution in [0, 0.1) is 0 Å². The summed E-state index contributed by atoms with van der Waals surface area (Å²) in [5, 5.41) is 3.19. The van der Waals surface area contributed by atoms with Gasteiger partial charge in [-0.25, -0.2) is 8.42 Å². The van der Waals surface area contributed by atoms with Crippen LogP contribution in [0.5, 0.6) is 0 Å². The molecule has 1 heterocycles. The molecule has 0 aromatic heterocycles. The van der Waals surface area contributed by atoms with Crippen molar-refractivity contribution in [3.05, 3.63) is 0 Å². The number of hydrogen-bond donors (Lipinski definition) is 1. The summed E-state index contributed by atoms with van der Waals surface area (Å²) in [4.78, 5) is 0. The normalized spacial score (nSPS) is 17.2. The maximum absolute atomic E-state index is 12.1. The minimum atomic E-state index is -3.00. The Morgan fingerprint density at radius 2 is 1.29 bits per heavy atom. The van der Waals surface area contributed by atoms with E-state index >= 15 is 0 Å². The van der Waals surface area contributed by atoms with Gasteiger partial charge in [0.1, 0.15) is 0 Å². The van der Waals surface area contributed by atoms with Crippen molar-refractivity contribution in [3.8, 4) is 0 Å². The quantitative estimate of drug-likeness (QED) is 0.562. The van der Waals surface area contributed by atoms with Gasteiger partial charge in [0.05, 0.1) is 5.75 Å². The smallest absolute Gasteiger partial charge is 0.214 e. The molecule has 1 saturated heterocycles. The molecule has 126 valence electrons. The zero-order chi connectivity index (χ0) is 15.4. The molecule has 21 heavy (non-hydrogen) atoms. The molecular weight excluding hydrogens is 284 g/mol. The first-order valence-corrected chi connectivity index (χ1v) is 10.5. The highest BCUT2D eigenvalue weighted by molar-refractivity contribution is 7.89. The molecule has 0 atom stereocenters. The average molecular weight is 319 g/mol. The van der Waals surface area contributed by atoms with Crippen molar-refractivity contribution in [3.63, 3.8) is 0 Å². The van der Waals surface area contributed by atoms with Crippen molar-refractivity contribution >= 4 is 10.0 Å². The molecule has 0 aliphatic carbocycles. The molecule has 4 nitrogen and oxygen atoms in total. The van der Waals surface area contributed by atoms with Crippen molar-refractivity contribution in [2.75, 3.05) is 31.9 Å². The van der Waals surface area contributed by atoms with Gasteiger partial charge in [0.15, 0.2) is 0 Å². The number of piperazine rings is 1. The molecular formula is C16H34N2O2S. The van der Waals surface area contributed by atoms with Crippen LogP contribution in [0.25, 0.3) is 0 Å². The van der Waals surface area contributed by atoms with E-state index in [4.69, 9.17) is 0 Å². The van der Waals surface area contributed by atoms with E-state index in [0.717, 1.165) is 25.9 Å². The van der Waals surface area contributed by atoms with Crippen LogP contribution < -0.4 is 5.32 Å². The molecule has 0 amide bonds. The second-order valence-corrected chi connectivity index (χ2v) is 8.24. The Labute approximate surface area is 131 Å². The van der Waals surface area contributed by atoms with Gasteiger partial charge in [0, 0.05) is 26.2 Å². The molecule has 1 aliphatic heterocycles. The Morgan fingerprint density at radius 3 is 1.81 bits per heavy atom. The van der Waals surface area contributed by atoms with E-state index in [1.165, 1.54) is 51.4 Å². The fourth-order valence-corrected chi connectivity index (χ4v) is 4.39. The third-order valence-corrected chi connectivity index (χ3v) is 6.18. The SMILES string of the molecule is CCCCCCCCCCCCS(=O)(=O)N1CCNCC1. The monoisotopic (exact) mass is 318 g/mol. The van der Waals surface area contributed by atoms with E-state index in [1.807, 2.05) is 0 Å². The van der Waals surface area contributed by atoms with Gasteiger partial charge < -0.3 is 5.32 Å². The van der Waals surface area contributed by atoms with E-state index < -0.39 is 10.0 Å². The minimum Gasteiger partial charge on any atom is -0.314 e. The summed E-state index contributed by atoms with van der Waals surface area (Å²) < 4.78 is 25.9. The van der Waals surface area contributed by atoms with Gasteiger partial charge in [0.25, 0.3) is 0 Å². The summed E-state index contributed by atoms with van der Waals surface area (Å²) in [5.41, 5.74) is 0. The number of nitrogens with zero attached hydrogens (tertiary/aromatic N) is 1. The highest BCUT2D eigenvalue weighted by Crippen LogP contribution is 2.12. The van der Waals surface area contributed by atoms with Gasteiger partial charge in [-0.3, -0.25) is 0 Å². The van der Waals surface area contributed by atoms with Crippen LogP contribution in [-0.2, 0) is 10.0 Å². The first kappa shape index (κ1) is 18.9. The Balaban J connectivity index is 1.95. The van der Waals surface area contributed by atoms with Crippen LogP contribution >= 0.6 is 0 Å². The highest BCUT2D eigenvalue weighted by atomic mass is 32.2. The van der Waals surface area contributed by atoms with Crippen LogP contribution in [0.15, 0.2) is 0 Å². The molecule has 0 aromatic carbocycles. The average Bonchev–Trinajstić information content (AvgIpc) is 2.50. The fourth-order valence-electron chi connectivity index (χ4n) is 2.82. The number of rotatable bonds is 12. The predicted octanol–water partition coefficient (Wildman–Crippen LogP) is 3.14. The first-order valence-electron chi connectivity index (χ1n) is 8.85. The van der Waals surface area contributed by atoms with Gasteiger partial charge in [-0.15, -0.1) is 0 Å². The number of sulfonamides is 1. The van der Waals surface area contributed by atoms with Crippen molar-refractivity contribution in [2.24, 2.45) is 0 Å². The van der Waals surface area contributed by atoms with Crippen molar-refractivity contribution in [1.82, 2.24) is 9.62 Å². The Hall–Kier alpha value is -0.130. The van der Waals surface area contributed by atoms with Gasteiger partial charge >= 0.3 is 0 Å². The largest absolute Gasteiger partial charge is 0.314 e. The van der Waals surface area contributed by atoms with Gasteiger partial charge in [-0.05, 0) is 6.42 Å². The molecule has 1 N–H and O–H groups in total. The summed E-state index contributed by atoms with van der Waals surface area (Å²) in [7, 11) is -3.00. The van der Waals surface area contributed by atoms with Crippen molar-refractivity contribution < 1.29 is 8.42 Å². The summed E-state index contributed by atoms with van der Waals surface area (Å²) in [6, 6.07) is 0. The molecule has 0 saturated carbocycles. The molecule has 0 unspecified atom stereocenters. The Morgan fingerprint density at radius 1 is 0.810 bits per heavy atom. The maximum Gasteiger partial charge on any atom is 0.214 e. The molecule has 1 rings (SSSR count). The van der Waals surface area contributed by atoms with Gasteiger partial charge in [0.2, 0.25) is 10.0 Å². The number of unbranched alkanes of at least 4 members (excludes halogenated alkanes) is 9. The zero-order valence-corrected chi connectivity index (χ0v) is 14.6. The lowest BCUT2D eigenvalue weighted by Gasteiger charge is -2.26. The number of nitrogens with one attached hydrogen (secondary N) is 1. The van der Waals surface area contributed by atoms with Gasteiger partial charge in [-0.2, -0.15) is 4.31 Å². The zero-order valence-electron chi connectivity index (χ0n) is 13.8. The second-order valence-electron chi connectivity index (χ2n) is 6.15. The molecule has 0 bridgehead atoms. The second kappa shape index (κ2) is 11.4. The van der Waals surface area contributed by atoms with E-state index in [9.17, 15) is 8.42 Å². The van der Waals surface area contributed by atoms with E-state index in [0.29, 0.717) is 18.8 Å². The Bertz CT molecular complexity index is 338. The van der Waals surface area contributed by atoms with Crippen LogP contribution in [0.3, 0.4) is 0 Å². The summed E-state index contributed by atoms with van der Waals surface area (Å²) >= 11 is 0. The third-order valence-electron chi connectivity index (χ3n) is 4.23. The minimum absolute atomic E-state index is 0.337. The van der Waals surface area contributed by atoms with Crippen LogP contribution in [0.1, 0.15) is 71.1 Å². The van der Waals surface area contributed by atoms with E-state index in [1.54, 1.807) is 4.31 Å². The van der Waals surface area contributed by atoms with Gasteiger partial charge in [-0.1, -0.05) is 64.7 Å². The van der Waals surface area contributed by atoms with E-state index in [2.05, 4.69) is 12.2 Å². The first-order chi connectivity index (χ1) is 10.2. The lowest BCUT2D eigenvalue weighted by Crippen LogP contribution is -2.47. The highest BCUT2D eigenvalue weighted by Gasteiger charge is 2.22. The molecule has 0 aromatic rings. The molecule has 0 spiro atoms. The third kappa shape index (κ3) is 8.79. The molecule has 0 radical (unpaired) electrons. The van der Waals surface area contributed by atoms with Crippen LogP contribution in [-0.4, -0.2) is 44.7 Å². The summed E-state index contributed by atoms with van der Waals surface area (Å²) in [5.74, 6) is 0.337. The lowest BCUT2D eigenvalue weighted by atomic mass is 10.1. The van der Waals surface area contributed by atoms with Crippen LogP contribution in [0.2, 0.25) is 0 Å². The van der Waals surface area contributed by atoms with Crippen LogP contribution in [0.4, 0.5) is 0 Å². The number of hydrogen-bond acceptors (Lipinski definition) is 3. The van der Waals surface area contributed by atoms with Crippen molar-refractivity contribution in [2.45, 2.75) is 71.1 Å². The summed E-state index contributed by atoms with van der Waals surface area (Å²) in [6.45, 7) is 5.10. The summed E-state index contributed by atoms with van der Waals surface area (Å²) in [6.07, 6.45) is 12.4. The Kier molecular flexibility index (Phi) is 10.3.